The largest absolute Gasteiger partial charge is 0.339 e. The van der Waals surface area contributed by atoms with E-state index in [2.05, 4.69) is 39.2 Å². The van der Waals surface area contributed by atoms with E-state index in [-0.39, 0.29) is 6.04 Å². The van der Waals surface area contributed by atoms with Crippen molar-refractivity contribution < 1.29 is 0 Å². The molecule has 4 heteroatoms. The summed E-state index contributed by atoms with van der Waals surface area (Å²) in [7, 11) is 0. The molecule has 1 atom stereocenters. The lowest BCUT2D eigenvalue weighted by atomic mass is 10.1. The molecule has 0 saturated heterocycles. The number of aromatic amines is 1. The number of rotatable bonds is 4. The monoisotopic (exact) mass is 266 g/mol. The Kier molecular flexibility index (Phi) is 3.48. The maximum atomic E-state index is 6.22. The Bertz CT molecular complexity index is 703. The molecule has 0 aliphatic heterocycles. The highest BCUT2D eigenvalue weighted by molar-refractivity contribution is 5.71. The average Bonchev–Trinajstić information content (AvgIpc) is 2.89. The van der Waals surface area contributed by atoms with E-state index in [1.165, 1.54) is 5.56 Å². The van der Waals surface area contributed by atoms with Crippen molar-refractivity contribution in [3.63, 3.8) is 0 Å². The summed E-state index contributed by atoms with van der Waals surface area (Å²) < 4.78 is 0. The molecule has 0 aliphatic rings. The number of hydrogen-bond acceptors (Lipinski definition) is 3. The van der Waals surface area contributed by atoms with Gasteiger partial charge in [0.05, 0.1) is 11.6 Å². The lowest BCUT2D eigenvalue weighted by Gasteiger charge is -2.08. The number of benzene rings is 1. The van der Waals surface area contributed by atoms with Crippen LogP contribution in [0.4, 0.5) is 0 Å². The van der Waals surface area contributed by atoms with Crippen molar-refractivity contribution in [1.82, 2.24) is 15.0 Å². The molecule has 1 aromatic carbocycles. The third-order valence-corrected chi connectivity index (χ3v) is 3.43. The first-order valence-electron chi connectivity index (χ1n) is 6.84. The number of pyridine rings is 1. The number of hydrogen-bond donors (Lipinski definition) is 2. The van der Waals surface area contributed by atoms with Gasteiger partial charge in [0.15, 0.2) is 5.65 Å². The molecule has 4 nitrogen and oxygen atoms in total. The van der Waals surface area contributed by atoms with Gasteiger partial charge in [-0.2, -0.15) is 0 Å². The molecule has 0 spiro atoms. The third kappa shape index (κ3) is 2.70. The molecule has 0 radical (unpaired) electrons. The zero-order chi connectivity index (χ0) is 13.9. The lowest BCUT2D eigenvalue weighted by Crippen LogP contribution is -2.13. The molecule has 2 heterocycles. The van der Waals surface area contributed by atoms with E-state index >= 15 is 0 Å². The highest BCUT2D eigenvalue weighted by atomic mass is 15.0. The summed E-state index contributed by atoms with van der Waals surface area (Å²) in [6, 6.07) is 12.3. The Balaban J connectivity index is 1.73. The van der Waals surface area contributed by atoms with Crippen molar-refractivity contribution in [2.24, 2.45) is 5.73 Å². The molecule has 3 N–H and O–H groups in total. The zero-order valence-corrected chi connectivity index (χ0v) is 11.5. The second-order valence-electron chi connectivity index (χ2n) is 5.14. The van der Waals surface area contributed by atoms with Crippen LogP contribution in [0.2, 0.25) is 0 Å². The molecule has 1 unspecified atom stereocenters. The van der Waals surface area contributed by atoms with E-state index in [0.717, 1.165) is 35.4 Å². The number of nitrogens with zero attached hydrogens (tertiary/aromatic N) is 2. The van der Waals surface area contributed by atoms with Crippen molar-refractivity contribution in [3.8, 4) is 0 Å². The fraction of sp³-hybridized carbons (Fsp3) is 0.250. The van der Waals surface area contributed by atoms with Crippen LogP contribution in [0, 0.1) is 6.92 Å². The Hall–Kier alpha value is -2.20. The van der Waals surface area contributed by atoms with Gasteiger partial charge in [-0.3, -0.25) is 0 Å². The van der Waals surface area contributed by atoms with E-state index in [4.69, 9.17) is 5.73 Å². The van der Waals surface area contributed by atoms with Crippen LogP contribution in [-0.2, 0) is 6.42 Å². The number of nitrogens with one attached hydrogen (secondary N) is 1. The van der Waals surface area contributed by atoms with E-state index in [1.807, 2.05) is 25.3 Å². The van der Waals surface area contributed by atoms with Crippen LogP contribution in [0.3, 0.4) is 0 Å². The van der Waals surface area contributed by atoms with Crippen LogP contribution in [0.5, 0.6) is 0 Å². The number of H-pyrrole nitrogens is 1. The second-order valence-corrected chi connectivity index (χ2v) is 5.14. The summed E-state index contributed by atoms with van der Waals surface area (Å²) in [6.07, 6.45) is 3.64. The average molecular weight is 266 g/mol. The highest BCUT2D eigenvalue weighted by Crippen LogP contribution is 2.18. The van der Waals surface area contributed by atoms with Gasteiger partial charge in [-0.1, -0.05) is 30.3 Å². The molecule has 0 amide bonds. The van der Waals surface area contributed by atoms with Crippen molar-refractivity contribution in [3.05, 3.63) is 59.5 Å². The van der Waals surface area contributed by atoms with Crippen LogP contribution in [0.15, 0.2) is 42.6 Å². The number of imidazole rings is 1. The number of fused-ring (bicyclic) bond motifs is 1. The summed E-state index contributed by atoms with van der Waals surface area (Å²) in [6.45, 7) is 2.02. The maximum Gasteiger partial charge on any atom is 0.177 e. The van der Waals surface area contributed by atoms with Gasteiger partial charge in [0.25, 0.3) is 0 Å². The van der Waals surface area contributed by atoms with Crippen LogP contribution in [0.1, 0.15) is 29.4 Å². The fourth-order valence-electron chi connectivity index (χ4n) is 2.30. The molecular weight excluding hydrogens is 248 g/mol. The first-order chi connectivity index (χ1) is 9.72. The SMILES string of the molecule is Cc1cnc2nc(C(N)CCc3ccccc3)[nH]c2c1. The van der Waals surface area contributed by atoms with Crippen molar-refractivity contribution in [2.75, 3.05) is 0 Å². The topological polar surface area (TPSA) is 67.6 Å². The quantitative estimate of drug-likeness (QED) is 0.763. The van der Waals surface area contributed by atoms with Crippen LogP contribution in [-0.4, -0.2) is 15.0 Å². The summed E-state index contributed by atoms with van der Waals surface area (Å²) in [5.74, 6) is 0.814. The number of nitrogens with two attached hydrogens (primary N) is 1. The van der Waals surface area contributed by atoms with Gasteiger partial charge in [0, 0.05) is 6.20 Å². The molecule has 102 valence electrons. The van der Waals surface area contributed by atoms with E-state index in [0.29, 0.717) is 0 Å². The third-order valence-electron chi connectivity index (χ3n) is 3.43. The van der Waals surface area contributed by atoms with E-state index in [1.54, 1.807) is 0 Å². The lowest BCUT2D eigenvalue weighted by molar-refractivity contribution is 0.621. The smallest absolute Gasteiger partial charge is 0.177 e. The molecule has 0 bridgehead atoms. The number of aryl methyl sites for hydroxylation is 2. The Labute approximate surface area is 118 Å². The molecule has 3 aromatic rings. The van der Waals surface area contributed by atoms with Crippen molar-refractivity contribution in [1.29, 1.82) is 0 Å². The Morgan fingerprint density at radius 1 is 1.25 bits per heavy atom. The van der Waals surface area contributed by atoms with E-state index < -0.39 is 0 Å². The van der Waals surface area contributed by atoms with Gasteiger partial charge in [-0.15, -0.1) is 0 Å². The summed E-state index contributed by atoms with van der Waals surface area (Å²) in [5.41, 5.74) is 10.3. The molecule has 2 aromatic heterocycles. The molecular formula is C16H18N4. The predicted octanol–water partition coefficient (Wildman–Crippen LogP) is 2.90. The minimum Gasteiger partial charge on any atom is -0.339 e. The second kappa shape index (κ2) is 5.43. The minimum absolute atomic E-state index is 0.0929. The van der Waals surface area contributed by atoms with Crippen molar-refractivity contribution >= 4 is 11.2 Å². The van der Waals surface area contributed by atoms with Crippen LogP contribution in [0.25, 0.3) is 11.2 Å². The fourth-order valence-corrected chi connectivity index (χ4v) is 2.30. The highest BCUT2D eigenvalue weighted by Gasteiger charge is 2.12. The molecule has 20 heavy (non-hydrogen) atoms. The van der Waals surface area contributed by atoms with Gasteiger partial charge in [-0.05, 0) is 37.0 Å². The first kappa shape index (κ1) is 12.8. The summed E-state index contributed by atoms with van der Waals surface area (Å²) in [4.78, 5) is 12.1. The maximum absolute atomic E-state index is 6.22. The molecule has 0 saturated carbocycles. The van der Waals surface area contributed by atoms with Gasteiger partial charge >= 0.3 is 0 Å². The van der Waals surface area contributed by atoms with Gasteiger partial charge in [0.2, 0.25) is 0 Å². The Morgan fingerprint density at radius 3 is 2.85 bits per heavy atom. The van der Waals surface area contributed by atoms with Gasteiger partial charge in [0.1, 0.15) is 5.82 Å². The van der Waals surface area contributed by atoms with Gasteiger partial charge < -0.3 is 10.7 Å². The van der Waals surface area contributed by atoms with Crippen LogP contribution < -0.4 is 5.73 Å². The summed E-state index contributed by atoms with van der Waals surface area (Å²) >= 11 is 0. The molecule has 3 rings (SSSR count). The van der Waals surface area contributed by atoms with Crippen molar-refractivity contribution in [2.45, 2.75) is 25.8 Å². The molecule has 0 aliphatic carbocycles. The predicted molar refractivity (Wildman–Crippen MR) is 80.3 cm³/mol. The first-order valence-corrected chi connectivity index (χ1v) is 6.84. The molecule has 0 fully saturated rings. The normalized spacial score (nSPS) is 12.7. The number of aromatic nitrogens is 3. The van der Waals surface area contributed by atoms with Crippen LogP contribution >= 0.6 is 0 Å². The summed E-state index contributed by atoms with van der Waals surface area (Å²) in [5, 5.41) is 0. The van der Waals surface area contributed by atoms with E-state index in [9.17, 15) is 0 Å². The zero-order valence-electron chi connectivity index (χ0n) is 11.5. The standard InChI is InChI=1S/C16H18N4/c1-11-9-14-16(18-10-11)20-15(19-14)13(17)8-7-12-5-3-2-4-6-12/h2-6,9-10,13H,7-8,17H2,1H3,(H,18,19,20). The Morgan fingerprint density at radius 2 is 2.05 bits per heavy atom. The minimum atomic E-state index is -0.0929. The van der Waals surface area contributed by atoms with Gasteiger partial charge in [-0.25, -0.2) is 9.97 Å².